The smallest absolute Gasteiger partial charge is 0.316 e. The van der Waals surface area contributed by atoms with E-state index in [1.807, 2.05) is 13.8 Å². The highest BCUT2D eigenvalue weighted by molar-refractivity contribution is 5.76. The Labute approximate surface area is 209 Å². The molecule has 35 heavy (non-hydrogen) atoms. The van der Waals surface area contributed by atoms with Crippen LogP contribution in [0, 0.1) is 0 Å². The second-order valence-electron chi connectivity index (χ2n) is 8.56. The van der Waals surface area contributed by atoms with Crippen LogP contribution in [0.4, 0.5) is 21.9 Å². The summed E-state index contributed by atoms with van der Waals surface area (Å²) in [5.41, 5.74) is 4.11. The molecule has 0 saturated carbocycles. The molecule has 3 N–H and O–H groups in total. The molecule has 1 atom stereocenters. The highest BCUT2D eigenvalue weighted by Crippen LogP contribution is 2.35. The number of amides is 2. The maximum atomic E-state index is 12.0. The summed E-state index contributed by atoms with van der Waals surface area (Å²) in [5.74, 6) is 0.196. The summed E-state index contributed by atoms with van der Waals surface area (Å²) in [6.07, 6.45) is 6.42. The number of nitrogens with zero attached hydrogens (tertiary/aromatic N) is 3. The molecular weight excluding hydrogens is 444 g/mol. The van der Waals surface area contributed by atoms with E-state index in [9.17, 15) is 4.79 Å². The fourth-order valence-corrected chi connectivity index (χ4v) is 4.46. The average Bonchev–Trinajstić information content (AvgIpc) is 2.88. The number of carbonyl (C=O) groups excluding carboxylic acids is 1. The number of rotatable bonds is 12. The van der Waals surface area contributed by atoms with Gasteiger partial charge in [0.1, 0.15) is 0 Å². The Morgan fingerprint density at radius 1 is 1.14 bits per heavy atom. The largest absolute Gasteiger partial charge is 0.464 e. The molecule has 1 aromatic heterocycles. The van der Waals surface area contributed by atoms with Crippen LogP contribution in [0.2, 0.25) is 0 Å². The van der Waals surface area contributed by atoms with Crippen molar-refractivity contribution in [2.45, 2.75) is 58.9 Å². The molecule has 1 fully saturated rings. The van der Waals surface area contributed by atoms with Gasteiger partial charge in [-0.25, -0.2) is 14.8 Å². The van der Waals surface area contributed by atoms with Gasteiger partial charge in [0, 0.05) is 44.8 Å². The highest BCUT2D eigenvalue weighted by atomic mass is 16.5. The summed E-state index contributed by atoms with van der Waals surface area (Å²) in [6, 6.07) is 7.24. The van der Waals surface area contributed by atoms with Gasteiger partial charge < -0.3 is 30.3 Å². The van der Waals surface area contributed by atoms with Gasteiger partial charge in [-0.3, -0.25) is 0 Å². The Balaban J connectivity index is 1.90. The van der Waals surface area contributed by atoms with Crippen LogP contribution in [0.25, 0.3) is 0 Å². The Morgan fingerprint density at radius 2 is 1.89 bits per heavy atom. The molecule has 9 nitrogen and oxygen atoms in total. The number of hydrogen-bond donors (Lipinski definition) is 3. The van der Waals surface area contributed by atoms with Crippen LogP contribution in [0.1, 0.15) is 58.4 Å². The number of hydrogen-bond acceptors (Lipinski definition) is 7. The third kappa shape index (κ3) is 7.45. The van der Waals surface area contributed by atoms with Gasteiger partial charge in [0.25, 0.3) is 0 Å². The molecule has 2 heterocycles. The number of anilines is 3. The standard InChI is InChI=1S/C26H40N6O3/c1-5-19(16-28-25(33)27-6-2)20-9-10-24(32(7-3)22-11-13-34-14-12-22)23(15-20)31-21-17-29-26(30-18-21)35-8-4/h9-10,15,17-19,22,31H,5-8,11-14,16H2,1-4H3,(H2,27,28,33)/t19-/m1/s1. The van der Waals surface area contributed by atoms with E-state index in [0.717, 1.165) is 56.1 Å². The van der Waals surface area contributed by atoms with Crippen LogP contribution in [0.5, 0.6) is 6.01 Å². The van der Waals surface area contributed by atoms with Gasteiger partial charge in [-0.05, 0) is 57.7 Å². The van der Waals surface area contributed by atoms with E-state index in [4.69, 9.17) is 9.47 Å². The lowest BCUT2D eigenvalue weighted by atomic mass is 9.94. The molecule has 2 aromatic rings. The molecule has 1 saturated heterocycles. The lowest BCUT2D eigenvalue weighted by Gasteiger charge is -2.37. The summed E-state index contributed by atoms with van der Waals surface area (Å²) < 4.78 is 11.0. The van der Waals surface area contributed by atoms with E-state index in [1.54, 1.807) is 12.4 Å². The molecule has 0 radical (unpaired) electrons. The van der Waals surface area contributed by atoms with Gasteiger partial charge in [0.15, 0.2) is 0 Å². The van der Waals surface area contributed by atoms with Crippen molar-refractivity contribution in [1.29, 1.82) is 0 Å². The van der Waals surface area contributed by atoms with Gasteiger partial charge in [0.2, 0.25) is 0 Å². The van der Waals surface area contributed by atoms with Crippen molar-refractivity contribution in [1.82, 2.24) is 20.6 Å². The first-order chi connectivity index (χ1) is 17.1. The zero-order chi connectivity index (χ0) is 25.0. The summed E-state index contributed by atoms with van der Waals surface area (Å²) in [5, 5.41) is 9.34. The summed E-state index contributed by atoms with van der Waals surface area (Å²) >= 11 is 0. The molecule has 1 aliphatic rings. The van der Waals surface area contributed by atoms with Crippen molar-refractivity contribution in [2.24, 2.45) is 0 Å². The van der Waals surface area contributed by atoms with Crippen molar-refractivity contribution in [3.05, 3.63) is 36.2 Å². The molecule has 0 aliphatic carbocycles. The van der Waals surface area contributed by atoms with Crippen molar-refractivity contribution in [3.8, 4) is 6.01 Å². The Morgan fingerprint density at radius 3 is 2.51 bits per heavy atom. The second kappa shape index (κ2) is 13.7. The minimum absolute atomic E-state index is 0.135. The highest BCUT2D eigenvalue weighted by Gasteiger charge is 2.24. The lowest BCUT2D eigenvalue weighted by Crippen LogP contribution is -2.39. The number of nitrogens with one attached hydrogen (secondary N) is 3. The lowest BCUT2D eigenvalue weighted by molar-refractivity contribution is 0.0846. The number of aromatic nitrogens is 2. The topological polar surface area (TPSA) is 101 Å². The Bertz CT molecular complexity index is 918. The van der Waals surface area contributed by atoms with E-state index >= 15 is 0 Å². The maximum Gasteiger partial charge on any atom is 0.316 e. The average molecular weight is 485 g/mol. The number of urea groups is 1. The SMILES string of the molecule is CCNC(=O)NC[C@@H](CC)c1ccc(N(CC)C2CCOCC2)c(Nc2cnc(OCC)nc2)c1. The quantitative estimate of drug-likeness (QED) is 0.409. The van der Waals surface area contributed by atoms with Crippen LogP contribution in [-0.2, 0) is 4.74 Å². The van der Waals surface area contributed by atoms with Crippen LogP contribution in [0.3, 0.4) is 0 Å². The summed E-state index contributed by atoms with van der Waals surface area (Å²) in [6.45, 7) is 12.3. The fraction of sp³-hybridized carbons (Fsp3) is 0.577. The van der Waals surface area contributed by atoms with Gasteiger partial charge >= 0.3 is 12.0 Å². The minimum atomic E-state index is -0.135. The molecule has 3 rings (SSSR count). The fourth-order valence-electron chi connectivity index (χ4n) is 4.46. The number of ether oxygens (including phenoxy) is 2. The van der Waals surface area contributed by atoms with Crippen molar-refractivity contribution >= 4 is 23.1 Å². The predicted octanol–water partition coefficient (Wildman–Crippen LogP) is 4.44. The Kier molecular flexibility index (Phi) is 10.4. The predicted molar refractivity (Wildman–Crippen MR) is 140 cm³/mol. The van der Waals surface area contributed by atoms with E-state index in [-0.39, 0.29) is 11.9 Å². The van der Waals surface area contributed by atoms with E-state index in [1.165, 1.54) is 5.56 Å². The first-order valence-electron chi connectivity index (χ1n) is 12.8. The second-order valence-corrected chi connectivity index (χ2v) is 8.56. The van der Waals surface area contributed by atoms with Crippen LogP contribution in [0.15, 0.2) is 30.6 Å². The van der Waals surface area contributed by atoms with E-state index < -0.39 is 0 Å². The molecule has 2 amide bonds. The molecule has 0 unspecified atom stereocenters. The van der Waals surface area contributed by atoms with Gasteiger partial charge in [-0.1, -0.05) is 13.0 Å². The summed E-state index contributed by atoms with van der Waals surface area (Å²) in [4.78, 5) is 23.0. The van der Waals surface area contributed by atoms with E-state index in [2.05, 4.69) is 62.9 Å². The van der Waals surface area contributed by atoms with Crippen molar-refractivity contribution < 1.29 is 14.3 Å². The maximum absolute atomic E-state index is 12.0. The zero-order valence-electron chi connectivity index (χ0n) is 21.5. The molecule has 0 bridgehead atoms. The van der Waals surface area contributed by atoms with Gasteiger partial charge in [0.05, 0.1) is 36.1 Å². The van der Waals surface area contributed by atoms with Gasteiger partial charge in [-0.15, -0.1) is 0 Å². The molecular formula is C26H40N6O3. The number of benzene rings is 1. The zero-order valence-corrected chi connectivity index (χ0v) is 21.5. The van der Waals surface area contributed by atoms with Gasteiger partial charge in [-0.2, -0.15) is 0 Å². The molecule has 1 aromatic carbocycles. The van der Waals surface area contributed by atoms with E-state index in [0.29, 0.717) is 31.7 Å². The summed E-state index contributed by atoms with van der Waals surface area (Å²) in [7, 11) is 0. The van der Waals surface area contributed by atoms with Crippen LogP contribution in [-0.4, -0.2) is 61.5 Å². The van der Waals surface area contributed by atoms with Crippen LogP contribution >= 0.6 is 0 Å². The number of carbonyl (C=O) groups is 1. The van der Waals surface area contributed by atoms with Crippen LogP contribution < -0.4 is 25.6 Å². The first kappa shape index (κ1) is 26.5. The molecule has 0 spiro atoms. The molecule has 1 aliphatic heterocycles. The molecule has 9 heteroatoms. The molecule has 192 valence electrons. The third-order valence-corrected chi connectivity index (χ3v) is 6.29. The minimum Gasteiger partial charge on any atom is -0.464 e. The third-order valence-electron chi connectivity index (χ3n) is 6.29. The van der Waals surface area contributed by atoms with Crippen molar-refractivity contribution in [2.75, 3.05) is 49.7 Å². The monoisotopic (exact) mass is 484 g/mol. The Hall–Kier alpha value is -3.07. The first-order valence-corrected chi connectivity index (χ1v) is 12.8. The van der Waals surface area contributed by atoms with Crippen molar-refractivity contribution in [3.63, 3.8) is 0 Å². The normalized spacial score (nSPS) is 14.7.